The van der Waals surface area contributed by atoms with E-state index in [1.807, 2.05) is 42.5 Å². The molecule has 0 amide bonds. The Morgan fingerprint density at radius 1 is 1.00 bits per heavy atom. The number of aryl methyl sites for hydroxylation is 1. The summed E-state index contributed by atoms with van der Waals surface area (Å²) < 4.78 is 22.6. The predicted molar refractivity (Wildman–Crippen MR) is 116 cm³/mol. The van der Waals surface area contributed by atoms with Crippen molar-refractivity contribution in [3.8, 4) is 10.4 Å². The summed E-state index contributed by atoms with van der Waals surface area (Å²) >= 11 is 1.64. The third-order valence-corrected chi connectivity index (χ3v) is 6.40. The van der Waals surface area contributed by atoms with Gasteiger partial charge in [0.15, 0.2) is 0 Å². The van der Waals surface area contributed by atoms with E-state index in [1.54, 1.807) is 17.7 Å². The SMILES string of the molecule is CS(=O)(=O)CCc1ccc(Nc2ncnc3sc(-c4ccccc4)cc23)cc1. The number of hydrogen-bond acceptors (Lipinski definition) is 6. The molecule has 4 aromatic rings. The van der Waals surface area contributed by atoms with Gasteiger partial charge in [-0.15, -0.1) is 11.3 Å². The molecule has 28 heavy (non-hydrogen) atoms. The van der Waals surface area contributed by atoms with E-state index in [0.717, 1.165) is 37.7 Å². The van der Waals surface area contributed by atoms with Gasteiger partial charge in [0.2, 0.25) is 0 Å². The number of nitrogens with zero attached hydrogens (tertiary/aromatic N) is 2. The third kappa shape index (κ3) is 4.37. The Kier molecular flexibility index (Phi) is 5.11. The fourth-order valence-corrected chi connectivity index (χ4v) is 4.51. The first-order valence-electron chi connectivity index (χ1n) is 8.82. The van der Waals surface area contributed by atoms with Crippen LogP contribution >= 0.6 is 11.3 Å². The first-order chi connectivity index (χ1) is 13.5. The number of fused-ring (bicyclic) bond motifs is 1. The van der Waals surface area contributed by atoms with Crippen LogP contribution in [-0.4, -0.2) is 30.4 Å². The second-order valence-corrected chi connectivity index (χ2v) is 9.91. The molecule has 0 aliphatic carbocycles. The van der Waals surface area contributed by atoms with Crippen molar-refractivity contribution < 1.29 is 8.42 Å². The zero-order valence-corrected chi connectivity index (χ0v) is 16.9. The Morgan fingerprint density at radius 2 is 1.75 bits per heavy atom. The molecule has 5 nitrogen and oxygen atoms in total. The summed E-state index contributed by atoms with van der Waals surface area (Å²) in [4.78, 5) is 10.9. The lowest BCUT2D eigenvalue weighted by atomic mass is 10.1. The van der Waals surface area contributed by atoms with Gasteiger partial charge in [-0.1, -0.05) is 42.5 Å². The van der Waals surface area contributed by atoms with Crippen LogP contribution in [0.1, 0.15) is 5.56 Å². The molecule has 1 N–H and O–H groups in total. The van der Waals surface area contributed by atoms with Crippen molar-refractivity contribution in [1.82, 2.24) is 9.97 Å². The van der Waals surface area contributed by atoms with Crippen molar-refractivity contribution in [2.75, 3.05) is 17.3 Å². The molecule has 0 saturated heterocycles. The fourth-order valence-electron chi connectivity index (χ4n) is 2.89. The zero-order chi connectivity index (χ0) is 19.6. The fraction of sp³-hybridized carbons (Fsp3) is 0.143. The van der Waals surface area contributed by atoms with Crippen LogP contribution < -0.4 is 5.32 Å². The maximum absolute atomic E-state index is 11.3. The summed E-state index contributed by atoms with van der Waals surface area (Å²) in [6.45, 7) is 0. The third-order valence-electron chi connectivity index (χ3n) is 4.37. The minimum Gasteiger partial charge on any atom is -0.340 e. The largest absolute Gasteiger partial charge is 0.340 e. The molecule has 2 heterocycles. The van der Waals surface area contributed by atoms with E-state index in [9.17, 15) is 8.42 Å². The Morgan fingerprint density at radius 3 is 2.46 bits per heavy atom. The van der Waals surface area contributed by atoms with Crippen LogP contribution in [0.15, 0.2) is 67.0 Å². The van der Waals surface area contributed by atoms with Crippen LogP contribution in [0.5, 0.6) is 0 Å². The highest BCUT2D eigenvalue weighted by Crippen LogP contribution is 2.35. The van der Waals surface area contributed by atoms with Gasteiger partial charge in [0.25, 0.3) is 0 Å². The van der Waals surface area contributed by atoms with Crippen molar-refractivity contribution in [2.24, 2.45) is 0 Å². The normalized spacial score (nSPS) is 11.6. The van der Waals surface area contributed by atoms with Crippen LogP contribution in [0, 0.1) is 0 Å². The van der Waals surface area contributed by atoms with Gasteiger partial charge in [0.1, 0.15) is 26.8 Å². The van der Waals surface area contributed by atoms with Gasteiger partial charge in [0, 0.05) is 16.8 Å². The summed E-state index contributed by atoms with van der Waals surface area (Å²) in [6.07, 6.45) is 3.34. The lowest BCUT2D eigenvalue weighted by Gasteiger charge is -2.07. The average Bonchev–Trinajstić information content (AvgIpc) is 3.13. The predicted octanol–water partition coefficient (Wildman–Crippen LogP) is 4.69. The maximum atomic E-state index is 11.3. The molecule has 142 valence electrons. The van der Waals surface area contributed by atoms with Gasteiger partial charge >= 0.3 is 0 Å². The van der Waals surface area contributed by atoms with Crippen LogP contribution in [0.25, 0.3) is 20.7 Å². The molecule has 7 heteroatoms. The second-order valence-electron chi connectivity index (χ2n) is 6.62. The Labute approximate surface area is 168 Å². The number of anilines is 2. The van der Waals surface area contributed by atoms with Crippen molar-refractivity contribution in [3.63, 3.8) is 0 Å². The summed E-state index contributed by atoms with van der Waals surface area (Å²) in [5.74, 6) is 0.913. The molecule has 0 unspecified atom stereocenters. The molecule has 4 rings (SSSR count). The van der Waals surface area contributed by atoms with Gasteiger partial charge in [-0.2, -0.15) is 0 Å². The number of sulfone groups is 1. The van der Waals surface area contributed by atoms with Crippen molar-refractivity contribution in [2.45, 2.75) is 6.42 Å². The van der Waals surface area contributed by atoms with Gasteiger partial charge in [-0.25, -0.2) is 18.4 Å². The molecule has 0 saturated carbocycles. The van der Waals surface area contributed by atoms with E-state index in [1.165, 1.54) is 6.26 Å². The van der Waals surface area contributed by atoms with E-state index in [2.05, 4.69) is 33.5 Å². The molecule has 2 aromatic carbocycles. The number of benzene rings is 2. The molecule has 0 aliphatic heterocycles. The second kappa shape index (κ2) is 7.69. The lowest BCUT2D eigenvalue weighted by Crippen LogP contribution is -2.05. The number of rotatable bonds is 6. The Hall–Kier alpha value is -2.77. The van der Waals surface area contributed by atoms with E-state index in [4.69, 9.17) is 0 Å². The van der Waals surface area contributed by atoms with Crippen LogP contribution in [0.2, 0.25) is 0 Å². The van der Waals surface area contributed by atoms with Crippen LogP contribution in [0.4, 0.5) is 11.5 Å². The summed E-state index contributed by atoms with van der Waals surface area (Å²) in [5.41, 5.74) is 3.05. The quantitative estimate of drug-likeness (QED) is 0.500. The van der Waals surface area contributed by atoms with Gasteiger partial charge in [0.05, 0.1) is 11.1 Å². The first-order valence-corrected chi connectivity index (χ1v) is 11.7. The Bertz CT molecular complexity index is 1200. The van der Waals surface area contributed by atoms with Crippen molar-refractivity contribution in [1.29, 1.82) is 0 Å². The number of nitrogens with one attached hydrogen (secondary N) is 1. The molecular formula is C21H19N3O2S2. The standard InChI is InChI=1S/C21H19N3O2S2/c1-28(25,26)12-11-15-7-9-17(10-8-15)24-20-18-13-19(16-5-3-2-4-6-16)27-21(18)23-14-22-20/h2-10,13-14H,11-12H2,1H3,(H,22,23,24). The molecule has 0 fully saturated rings. The molecule has 0 radical (unpaired) electrons. The molecule has 0 aliphatic rings. The first kappa shape index (κ1) is 18.6. The summed E-state index contributed by atoms with van der Waals surface area (Å²) in [5, 5.41) is 4.33. The Balaban J connectivity index is 1.57. The minimum absolute atomic E-state index is 0.156. The maximum Gasteiger partial charge on any atom is 0.147 e. The van der Waals surface area contributed by atoms with Crippen molar-refractivity contribution in [3.05, 3.63) is 72.6 Å². The van der Waals surface area contributed by atoms with Crippen LogP contribution in [-0.2, 0) is 16.3 Å². The highest BCUT2D eigenvalue weighted by Gasteiger charge is 2.10. The molecular weight excluding hydrogens is 390 g/mol. The molecule has 0 atom stereocenters. The molecule has 2 aromatic heterocycles. The smallest absolute Gasteiger partial charge is 0.147 e. The average molecular weight is 410 g/mol. The lowest BCUT2D eigenvalue weighted by molar-refractivity contribution is 0.601. The van der Waals surface area contributed by atoms with Crippen molar-refractivity contribution >= 4 is 42.9 Å². The monoisotopic (exact) mass is 409 g/mol. The van der Waals surface area contributed by atoms with E-state index in [-0.39, 0.29) is 5.75 Å². The summed E-state index contributed by atoms with van der Waals surface area (Å²) in [6, 6.07) is 20.1. The highest BCUT2D eigenvalue weighted by molar-refractivity contribution is 7.90. The van der Waals surface area contributed by atoms with Gasteiger partial charge in [-0.3, -0.25) is 0 Å². The minimum atomic E-state index is -2.96. The molecule has 0 spiro atoms. The highest BCUT2D eigenvalue weighted by atomic mass is 32.2. The topological polar surface area (TPSA) is 72.0 Å². The van der Waals surface area contributed by atoms with E-state index < -0.39 is 9.84 Å². The number of aromatic nitrogens is 2. The number of thiophene rings is 1. The van der Waals surface area contributed by atoms with Gasteiger partial charge < -0.3 is 5.32 Å². The zero-order valence-electron chi connectivity index (χ0n) is 15.3. The van der Waals surface area contributed by atoms with Gasteiger partial charge in [-0.05, 0) is 35.7 Å². The summed E-state index contributed by atoms with van der Waals surface area (Å²) in [7, 11) is -2.96. The van der Waals surface area contributed by atoms with Crippen LogP contribution in [0.3, 0.4) is 0 Å². The van der Waals surface area contributed by atoms with E-state index in [0.29, 0.717) is 6.42 Å². The van der Waals surface area contributed by atoms with E-state index >= 15 is 0 Å². The molecule has 0 bridgehead atoms. The number of hydrogen-bond donors (Lipinski definition) is 1.